The van der Waals surface area contributed by atoms with E-state index >= 15 is 0 Å². The highest BCUT2D eigenvalue weighted by atomic mass is 35.5. The van der Waals surface area contributed by atoms with Crippen LogP contribution >= 0.6 is 34.5 Å². The fraction of sp³-hybridized carbons (Fsp3) is 0.188. The Balaban J connectivity index is 1.35. The van der Waals surface area contributed by atoms with Crippen LogP contribution in [0.4, 0.5) is 10.5 Å². The van der Waals surface area contributed by atoms with Gasteiger partial charge in [-0.15, -0.1) is 11.3 Å². The van der Waals surface area contributed by atoms with Gasteiger partial charge >= 0.3 is 6.03 Å². The van der Waals surface area contributed by atoms with Crippen molar-refractivity contribution < 1.29 is 9.32 Å². The summed E-state index contributed by atoms with van der Waals surface area (Å²) in [5, 5.41) is 9.59. The lowest BCUT2D eigenvalue weighted by Gasteiger charge is -2.36. The Morgan fingerprint density at radius 2 is 2.12 bits per heavy atom. The zero-order valence-corrected chi connectivity index (χ0v) is 15.1. The maximum atomic E-state index is 12.2. The van der Waals surface area contributed by atoms with Crippen LogP contribution in [0.5, 0.6) is 0 Å². The van der Waals surface area contributed by atoms with Gasteiger partial charge in [-0.2, -0.15) is 4.98 Å². The topological polar surface area (TPSA) is 71.3 Å². The van der Waals surface area contributed by atoms with Crippen LogP contribution in [-0.4, -0.2) is 34.2 Å². The van der Waals surface area contributed by atoms with Gasteiger partial charge in [0.05, 0.1) is 20.8 Å². The molecule has 3 heterocycles. The largest absolute Gasteiger partial charge is 0.339 e. The lowest BCUT2D eigenvalue weighted by Crippen LogP contribution is -2.50. The van der Waals surface area contributed by atoms with Gasteiger partial charge < -0.3 is 14.7 Å². The van der Waals surface area contributed by atoms with Crippen molar-refractivity contribution in [1.29, 1.82) is 0 Å². The fourth-order valence-electron chi connectivity index (χ4n) is 2.48. The number of carbonyl (C=O) groups excluding carboxylic acids is 1. The van der Waals surface area contributed by atoms with Crippen molar-refractivity contribution in [3.63, 3.8) is 0 Å². The van der Waals surface area contributed by atoms with Crippen molar-refractivity contribution in [1.82, 2.24) is 15.0 Å². The van der Waals surface area contributed by atoms with Crippen molar-refractivity contribution in [3.8, 4) is 10.7 Å². The Morgan fingerprint density at radius 3 is 2.84 bits per heavy atom. The number of nitrogens with zero attached hydrogens (tertiary/aromatic N) is 3. The molecule has 4 rings (SSSR count). The van der Waals surface area contributed by atoms with Gasteiger partial charge in [0, 0.05) is 18.8 Å². The number of benzene rings is 1. The molecule has 6 nitrogen and oxygen atoms in total. The monoisotopic (exact) mass is 394 g/mol. The molecule has 2 aromatic heterocycles. The lowest BCUT2D eigenvalue weighted by atomic mass is 10.0. The standard InChI is InChI=1S/C16H12Cl2N4O2S/c17-11-4-3-10(6-12(11)18)19-16(23)22-7-9(8-22)15-20-14(21-24-15)13-2-1-5-25-13/h1-6,9H,7-8H2,(H,19,23). The van der Waals surface area contributed by atoms with Crippen LogP contribution in [0.3, 0.4) is 0 Å². The number of carbonyl (C=O) groups is 1. The van der Waals surface area contributed by atoms with Gasteiger partial charge in [0.25, 0.3) is 0 Å². The zero-order chi connectivity index (χ0) is 17.4. The average molecular weight is 395 g/mol. The van der Waals surface area contributed by atoms with Gasteiger partial charge in [-0.1, -0.05) is 34.4 Å². The number of anilines is 1. The first-order valence-corrected chi connectivity index (χ1v) is 9.12. The molecule has 0 atom stereocenters. The van der Waals surface area contributed by atoms with Crippen LogP contribution in [0.15, 0.2) is 40.2 Å². The molecule has 0 aliphatic carbocycles. The van der Waals surface area contributed by atoms with Gasteiger partial charge in [-0.05, 0) is 29.6 Å². The number of hydrogen-bond acceptors (Lipinski definition) is 5. The van der Waals surface area contributed by atoms with Gasteiger partial charge in [0.2, 0.25) is 11.7 Å². The molecule has 1 aliphatic rings. The van der Waals surface area contributed by atoms with E-state index in [0.29, 0.717) is 40.5 Å². The van der Waals surface area contributed by atoms with E-state index in [2.05, 4.69) is 15.5 Å². The van der Waals surface area contributed by atoms with E-state index in [-0.39, 0.29) is 11.9 Å². The van der Waals surface area contributed by atoms with E-state index < -0.39 is 0 Å². The summed E-state index contributed by atoms with van der Waals surface area (Å²) in [7, 11) is 0. The maximum absolute atomic E-state index is 12.2. The second-order valence-corrected chi connectivity index (χ2v) is 7.36. The Labute approximate surface area is 157 Å². The molecule has 0 radical (unpaired) electrons. The number of aromatic nitrogens is 2. The first-order chi connectivity index (χ1) is 12.1. The number of halogens is 2. The average Bonchev–Trinajstić information content (AvgIpc) is 3.20. The van der Waals surface area contributed by atoms with Gasteiger partial charge in [0.1, 0.15) is 0 Å². The number of hydrogen-bond donors (Lipinski definition) is 1. The maximum Gasteiger partial charge on any atom is 0.321 e. The highest BCUT2D eigenvalue weighted by molar-refractivity contribution is 7.13. The van der Waals surface area contributed by atoms with E-state index in [4.69, 9.17) is 27.7 Å². The second kappa shape index (κ2) is 6.67. The third-order valence-corrected chi connectivity index (χ3v) is 5.48. The first kappa shape index (κ1) is 16.4. The first-order valence-electron chi connectivity index (χ1n) is 7.48. The Morgan fingerprint density at radius 1 is 1.28 bits per heavy atom. The normalized spacial score (nSPS) is 14.4. The molecule has 128 valence electrons. The molecule has 1 aromatic carbocycles. The van der Waals surface area contributed by atoms with Gasteiger partial charge in [-0.25, -0.2) is 4.79 Å². The van der Waals surface area contributed by atoms with Gasteiger partial charge in [0.15, 0.2) is 0 Å². The summed E-state index contributed by atoms with van der Waals surface area (Å²) in [5.74, 6) is 1.20. The number of rotatable bonds is 3. The summed E-state index contributed by atoms with van der Waals surface area (Å²) < 4.78 is 5.32. The minimum atomic E-state index is -0.201. The van der Waals surface area contributed by atoms with Crippen LogP contribution in [0.1, 0.15) is 11.8 Å². The minimum absolute atomic E-state index is 0.0563. The van der Waals surface area contributed by atoms with Crippen LogP contribution in [0, 0.1) is 0 Å². The van der Waals surface area contributed by atoms with Crippen LogP contribution < -0.4 is 5.32 Å². The SMILES string of the molecule is O=C(Nc1ccc(Cl)c(Cl)c1)N1CC(c2nc(-c3cccs3)no2)C1. The predicted octanol–water partition coefficient (Wildman–Crippen LogP) is 4.74. The molecule has 0 bridgehead atoms. The molecule has 2 amide bonds. The van der Waals surface area contributed by atoms with E-state index in [1.807, 2.05) is 17.5 Å². The third kappa shape index (κ3) is 3.35. The predicted molar refractivity (Wildman–Crippen MR) is 97.4 cm³/mol. The molecular formula is C16H12Cl2N4O2S. The second-order valence-electron chi connectivity index (χ2n) is 5.59. The Kier molecular flexibility index (Phi) is 4.37. The van der Waals surface area contributed by atoms with Crippen LogP contribution in [0.25, 0.3) is 10.7 Å². The number of likely N-dealkylation sites (tertiary alicyclic amines) is 1. The molecular weight excluding hydrogens is 383 g/mol. The summed E-state index contributed by atoms with van der Waals surface area (Å²) in [6, 6.07) is 8.64. The third-order valence-electron chi connectivity index (χ3n) is 3.87. The van der Waals surface area contributed by atoms with Crippen molar-refractivity contribution in [2.24, 2.45) is 0 Å². The smallest absolute Gasteiger partial charge is 0.321 e. The highest BCUT2D eigenvalue weighted by Gasteiger charge is 2.35. The van der Waals surface area contributed by atoms with Crippen molar-refractivity contribution in [2.45, 2.75) is 5.92 Å². The van der Waals surface area contributed by atoms with Crippen molar-refractivity contribution in [3.05, 3.63) is 51.6 Å². The number of thiophene rings is 1. The molecule has 1 aliphatic heterocycles. The molecule has 9 heteroatoms. The number of amides is 2. The van der Waals surface area contributed by atoms with E-state index in [1.165, 1.54) is 0 Å². The summed E-state index contributed by atoms with van der Waals surface area (Å²) in [6.45, 7) is 1.05. The summed E-state index contributed by atoms with van der Waals surface area (Å²) in [4.78, 5) is 19.3. The lowest BCUT2D eigenvalue weighted by molar-refractivity contribution is 0.147. The number of urea groups is 1. The molecule has 25 heavy (non-hydrogen) atoms. The van der Waals surface area contributed by atoms with Crippen LogP contribution in [0.2, 0.25) is 10.0 Å². The molecule has 3 aromatic rings. The highest BCUT2D eigenvalue weighted by Crippen LogP contribution is 2.30. The molecule has 1 fully saturated rings. The summed E-state index contributed by atoms with van der Waals surface area (Å²) in [6.07, 6.45) is 0. The van der Waals surface area contributed by atoms with Crippen molar-refractivity contribution in [2.75, 3.05) is 18.4 Å². The number of nitrogens with one attached hydrogen (secondary N) is 1. The quantitative estimate of drug-likeness (QED) is 0.696. The van der Waals surface area contributed by atoms with E-state index in [1.54, 1.807) is 34.4 Å². The molecule has 0 saturated carbocycles. The van der Waals surface area contributed by atoms with E-state index in [9.17, 15) is 4.79 Å². The molecule has 0 unspecified atom stereocenters. The van der Waals surface area contributed by atoms with Gasteiger partial charge in [-0.3, -0.25) is 0 Å². The fourth-order valence-corrected chi connectivity index (χ4v) is 3.43. The molecule has 1 N–H and O–H groups in total. The molecule has 0 spiro atoms. The summed E-state index contributed by atoms with van der Waals surface area (Å²) in [5.41, 5.74) is 0.598. The Hall–Kier alpha value is -2.09. The summed E-state index contributed by atoms with van der Waals surface area (Å²) >= 11 is 13.4. The molecule has 1 saturated heterocycles. The zero-order valence-electron chi connectivity index (χ0n) is 12.8. The minimum Gasteiger partial charge on any atom is -0.339 e. The van der Waals surface area contributed by atoms with Crippen molar-refractivity contribution >= 4 is 46.3 Å². The van der Waals surface area contributed by atoms with E-state index in [0.717, 1.165) is 4.88 Å². The van der Waals surface area contributed by atoms with Crippen LogP contribution in [-0.2, 0) is 0 Å². The Bertz CT molecular complexity index is 907.